The summed E-state index contributed by atoms with van der Waals surface area (Å²) in [7, 11) is -2.90. The van der Waals surface area contributed by atoms with Gasteiger partial charge in [-0.3, -0.25) is 14.5 Å². The van der Waals surface area contributed by atoms with Gasteiger partial charge in [0, 0.05) is 50.9 Å². The van der Waals surface area contributed by atoms with Gasteiger partial charge in [0.1, 0.15) is 0 Å². The quantitative estimate of drug-likeness (QED) is 0.709. The molecule has 4 aliphatic rings. The molecule has 8 heteroatoms. The van der Waals surface area contributed by atoms with Crippen molar-refractivity contribution in [2.24, 2.45) is 5.92 Å². The molecule has 7 nitrogen and oxygen atoms in total. The normalized spacial score (nSPS) is 28.9. The Kier molecular flexibility index (Phi) is 5.09. The van der Waals surface area contributed by atoms with Crippen molar-refractivity contribution in [3.05, 3.63) is 29.3 Å². The first kappa shape index (κ1) is 20.0. The van der Waals surface area contributed by atoms with Crippen molar-refractivity contribution in [2.45, 2.75) is 38.1 Å². The number of hydrogen-bond donors (Lipinski definition) is 0. The molecule has 3 fully saturated rings. The summed E-state index contributed by atoms with van der Waals surface area (Å²) in [5.41, 5.74) is 3.63. The van der Waals surface area contributed by atoms with E-state index in [1.807, 2.05) is 11.0 Å². The molecule has 3 heterocycles. The maximum atomic E-state index is 13.1. The van der Waals surface area contributed by atoms with Crippen LogP contribution in [0.2, 0.25) is 0 Å². The lowest BCUT2D eigenvalue weighted by atomic mass is 10.1. The number of aryl methyl sites for hydroxylation is 2. The van der Waals surface area contributed by atoms with Crippen LogP contribution < -0.4 is 4.90 Å². The minimum absolute atomic E-state index is 0.0288. The zero-order valence-corrected chi connectivity index (χ0v) is 18.1. The van der Waals surface area contributed by atoms with Gasteiger partial charge < -0.3 is 9.80 Å². The van der Waals surface area contributed by atoms with Gasteiger partial charge in [0.15, 0.2) is 9.84 Å². The Hall–Kier alpha value is -1.93. The van der Waals surface area contributed by atoms with Crippen molar-refractivity contribution in [1.82, 2.24) is 9.80 Å². The van der Waals surface area contributed by atoms with Gasteiger partial charge in [0.05, 0.1) is 17.4 Å². The molecular weight excluding hydrogens is 402 g/mol. The van der Waals surface area contributed by atoms with Crippen LogP contribution in [-0.4, -0.2) is 80.3 Å². The Morgan fingerprint density at radius 2 is 1.80 bits per heavy atom. The van der Waals surface area contributed by atoms with E-state index in [1.54, 1.807) is 4.90 Å². The number of benzene rings is 1. The maximum Gasteiger partial charge on any atom is 0.228 e. The third kappa shape index (κ3) is 3.75. The SMILES string of the molecule is O=C(C1CC(=O)N(c2ccc3c(c2)CCC3)C1)N1CCN(C2CCS(=O)(=O)C2)CC1. The predicted octanol–water partition coefficient (Wildman–Crippen LogP) is 0.860. The van der Waals surface area contributed by atoms with Crippen LogP contribution in [0.25, 0.3) is 0 Å². The van der Waals surface area contributed by atoms with Crippen LogP contribution in [0.5, 0.6) is 0 Å². The second kappa shape index (κ2) is 7.64. The summed E-state index contributed by atoms with van der Waals surface area (Å²) in [6, 6.07) is 6.36. The van der Waals surface area contributed by atoms with E-state index in [-0.39, 0.29) is 41.7 Å². The van der Waals surface area contributed by atoms with Crippen molar-refractivity contribution in [3.8, 4) is 0 Å². The first-order chi connectivity index (χ1) is 14.4. The average molecular weight is 432 g/mol. The van der Waals surface area contributed by atoms with Gasteiger partial charge in [-0.05, 0) is 48.9 Å². The van der Waals surface area contributed by atoms with Crippen LogP contribution in [0.4, 0.5) is 5.69 Å². The number of anilines is 1. The molecule has 0 N–H and O–H groups in total. The Morgan fingerprint density at radius 3 is 2.53 bits per heavy atom. The molecule has 2 unspecified atom stereocenters. The van der Waals surface area contributed by atoms with Crippen molar-refractivity contribution >= 4 is 27.3 Å². The van der Waals surface area contributed by atoms with Gasteiger partial charge in [0.2, 0.25) is 11.8 Å². The van der Waals surface area contributed by atoms with Crippen molar-refractivity contribution in [2.75, 3.05) is 49.1 Å². The first-order valence-electron chi connectivity index (χ1n) is 11.0. The highest BCUT2D eigenvalue weighted by molar-refractivity contribution is 7.91. The van der Waals surface area contributed by atoms with Gasteiger partial charge in [0.25, 0.3) is 0 Å². The highest BCUT2D eigenvalue weighted by Gasteiger charge is 2.39. The molecule has 162 valence electrons. The second-order valence-corrected chi connectivity index (χ2v) is 11.4. The molecule has 1 aromatic carbocycles. The number of fused-ring (bicyclic) bond motifs is 1. The molecule has 0 saturated carbocycles. The number of hydrogen-bond acceptors (Lipinski definition) is 5. The lowest BCUT2D eigenvalue weighted by molar-refractivity contribution is -0.137. The van der Waals surface area contributed by atoms with Crippen LogP contribution >= 0.6 is 0 Å². The standard InChI is InChI=1S/C22H29N3O4S/c26-21-13-18(14-25(21)19-5-4-16-2-1-3-17(16)12-19)22(27)24-9-7-23(8-10-24)20-6-11-30(28,29)15-20/h4-5,12,18,20H,1-3,6-11,13-15H2. The highest BCUT2D eigenvalue weighted by Crippen LogP contribution is 2.31. The fraction of sp³-hybridized carbons (Fsp3) is 0.636. The number of piperazine rings is 1. The molecule has 0 aromatic heterocycles. The monoisotopic (exact) mass is 431 g/mol. The number of rotatable bonds is 3. The number of carbonyl (C=O) groups is 2. The van der Waals surface area contributed by atoms with Crippen LogP contribution in [0.1, 0.15) is 30.4 Å². The van der Waals surface area contributed by atoms with Crippen molar-refractivity contribution < 1.29 is 18.0 Å². The smallest absolute Gasteiger partial charge is 0.228 e. The molecule has 0 radical (unpaired) electrons. The Morgan fingerprint density at radius 1 is 1.03 bits per heavy atom. The lowest BCUT2D eigenvalue weighted by Gasteiger charge is -2.38. The molecule has 1 aliphatic carbocycles. The molecule has 0 bridgehead atoms. The molecular formula is C22H29N3O4S. The number of carbonyl (C=O) groups excluding carboxylic acids is 2. The minimum atomic E-state index is -2.90. The Bertz CT molecular complexity index is 969. The molecule has 3 aliphatic heterocycles. The van der Waals surface area contributed by atoms with E-state index in [4.69, 9.17) is 0 Å². The van der Waals surface area contributed by atoms with Gasteiger partial charge in [-0.1, -0.05) is 6.07 Å². The number of amides is 2. The largest absolute Gasteiger partial charge is 0.340 e. The zero-order chi connectivity index (χ0) is 20.9. The van der Waals surface area contributed by atoms with E-state index >= 15 is 0 Å². The Balaban J connectivity index is 1.19. The summed E-state index contributed by atoms with van der Waals surface area (Å²) in [6.45, 7) is 3.09. The zero-order valence-electron chi connectivity index (χ0n) is 17.3. The van der Waals surface area contributed by atoms with E-state index in [2.05, 4.69) is 17.0 Å². The van der Waals surface area contributed by atoms with Crippen LogP contribution in [0.3, 0.4) is 0 Å². The molecule has 1 aromatic rings. The Labute approximate surface area is 177 Å². The summed E-state index contributed by atoms with van der Waals surface area (Å²) >= 11 is 0. The van der Waals surface area contributed by atoms with Gasteiger partial charge >= 0.3 is 0 Å². The number of nitrogens with zero attached hydrogens (tertiary/aromatic N) is 3. The second-order valence-electron chi connectivity index (χ2n) is 9.13. The first-order valence-corrected chi connectivity index (χ1v) is 12.9. The third-order valence-electron chi connectivity index (χ3n) is 7.22. The van der Waals surface area contributed by atoms with E-state index < -0.39 is 9.84 Å². The summed E-state index contributed by atoms with van der Waals surface area (Å²) in [6.07, 6.45) is 4.33. The number of sulfone groups is 1. The molecule has 30 heavy (non-hydrogen) atoms. The van der Waals surface area contributed by atoms with E-state index in [0.29, 0.717) is 39.1 Å². The van der Waals surface area contributed by atoms with Crippen molar-refractivity contribution in [1.29, 1.82) is 0 Å². The van der Waals surface area contributed by atoms with Gasteiger partial charge in [-0.25, -0.2) is 8.42 Å². The molecule has 5 rings (SSSR count). The van der Waals surface area contributed by atoms with Crippen LogP contribution in [-0.2, 0) is 32.3 Å². The average Bonchev–Trinajstić information content (AvgIpc) is 3.45. The van der Waals surface area contributed by atoms with E-state index in [1.165, 1.54) is 17.5 Å². The van der Waals surface area contributed by atoms with Crippen molar-refractivity contribution in [3.63, 3.8) is 0 Å². The summed E-state index contributed by atoms with van der Waals surface area (Å²) < 4.78 is 23.5. The molecule has 0 spiro atoms. The van der Waals surface area contributed by atoms with E-state index in [0.717, 1.165) is 18.5 Å². The molecule has 2 amide bonds. The highest BCUT2D eigenvalue weighted by atomic mass is 32.2. The van der Waals surface area contributed by atoms with Gasteiger partial charge in [-0.15, -0.1) is 0 Å². The third-order valence-corrected chi connectivity index (χ3v) is 8.97. The molecule has 2 atom stereocenters. The maximum absolute atomic E-state index is 13.1. The van der Waals surface area contributed by atoms with Crippen LogP contribution in [0.15, 0.2) is 18.2 Å². The minimum Gasteiger partial charge on any atom is -0.340 e. The van der Waals surface area contributed by atoms with Gasteiger partial charge in [-0.2, -0.15) is 0 Å². The predicted molar refractivity (Wildman–Crippen MR) is 114 cm³/mol. The topological polar surface area (TPSA) is 78.0 Å². The summed E-state index contributed by atoms with van der Waals surface area (Å²) in [4.78, 5) is 31.6. The fourth-order valence-electron chi connectivity index (χ4n) is 5.48. The summed E-state index contributed by atoms with van der Waals surface area (Å²) in [5, 5.41) is 0. The molecule has 3 saturated heterocycles. The lowest BCUT2D eigenvalue weighted by Crippen LogP contribution is -2.53. The fourth-order valence-corrected chi connectivity index (χ4v) is 7.24. The van der Waals surface area contributed by atoms with Crippen LogP contribution in [0, 0.1) is 5.92 Å². The van der Waals surface area contributed by atoms with E-state index in [9.17, 15) is 18.0 Å². The summed E-state index contributed by atoms with van der Waals surface area (Å²) in [5.74, 6) is 0.323.